The molecule has 0 aliphatic heterocycles. The van der Waals surface area contributed by atoms with Crippen molar-refractivity contribution in [3.63, 3.8) is 0 Å². The Bertz CT molecular complexity index is 671. The average Bonchev–Trinajstić information content (AvgIpc) is 2.64. The molecular weight excluding hydrogens is 383 g/mol. The Labute approximate surface area is 160 Å². The minimum atomic E-state index is -4.46. The third kappa shape index (κ3) is 6.27. The van der Waals surface area contributed by atoms with Crippen LogP contribution in [0.4, 0.5) is 26.3 Å². The second-order valence-corrected chi connectivity index (χ2v) is 6.24. The molecule has 152 valence electrons. The van der Waals surface area contributed by atoms with Crippen molar-refractivity contribution in [2.24, 2.45) is 0 Å². The first-order chi connectivity index (χ1) is 13.1. The fourth-order valence-electron chi connectivity index (χ4n) is 2.63. The van der Waals surface area contributed by atoms with Gasteiger partial charge in [0.1, 0.15) is 0 Å². The third-order valence-electron chi connectivity index (χ3n) is 4.07. The number of hydrogen-bond acceptors (Lipinski definition) is 2. The molecule has 2 rings (SSSR count). The number of rotatable bonds is 8. The zero-order valence-corrected chi connectivity index (χ0v) is 15.2. The smallest absolute Gasteiger partial charge is 0.416 e. The zero-order valence-electron chi connectivity index (χ0n) is 15.2. The SMILES string of the molecule is CCCNCCOB(c1ccc(C(F)(F)F)cc1)c1ccc(C(F)(F)F)cc1. The molecule has 0 atom stereocenters. The zero-order chi connectivity index (χ0) is 20.8. The van der Waals surface area contributed by atoms with E-state index in [0.717, 1.165) is 37.2 Å². The van der Waals surface area contributed by atoms with Crippen molar-refractivity contribution in [2.45, 2.75) is 25.7 Å². The largest absolute Gasteiger partial charge is 0.426 e. The van der Waals surface area contributed by atoms with Gasteiger partial charge in [0.15, 0.2) is 0 Å². The lowest BCUT2D eigenvalue weighted by atomic mass is 9.55. The number of nitrogens with one attached hydrogen (secondary N) is 1. The number of alkyl halides is 6. The number of hydrogen-bond donors (Lipinski definition) is 1. The molecule has 2 aromatic carbocycles. The first-order valence-corrected chi connectivity index (χ1v) is 8.79. The highest BCUT2D eigenvalue weighted by Crippen LogP contribution is 2.29. The summed E-state index contributed by atoms with van der Waals surface area (Å²) in [6.07, 6.45) is -8.00. The second-order valence-electron chi connectivity index (χ2n) is 6.24. The summed E-state index contributed by atoms with van der Waals surface area (Å²) in [6.45, 7) is 2.79. The van der Waals surface area contributed by atoms with E-state index in [9.17, 15) is 26.3 Å². The van der Waals surface area contributed by atoms with E-state index in [1.54, 1.807) is 0 Å². The van der Waals surface area contributed by atoms with Gasteiger partial charge in [-0.3, -0.25) is 0 Å². The van der Waals surface area contributed by atoms with Gasteiger partial charge in [-0.1, -0.05) is 55.5 Å². The van der Waals surface area contributed by atoms with Crippen LogP contribution in [0.15, 0.2) is 48.5 Å². The summed E-state index contributed by atoms with van der Waals surface area (Å²) >= 11 is 0. The summed E-state index contributed by atoms with van der Waals surface area (Å²) in [5.74, 6) is 0. The fourth-order valence-corrected chi connectivity index (χ4v) is 2.63. The molecule has 2 aromatic rings. The molecule has 0 radical (unpaired) electrons. The molecule has 0 heterocycles. The van der Waals surface area contributed by atoms with Gasteiger partial charge in [0.05, 0.1) is 11.1 Å². The number of benzene rings is 2. The minimum absolute atomic E-state index is 0.257. The lowest BCUT2D eigenvalue weighted by Crippen LogP contribution is -2.46. The second kappa shape index (κ2) is 9.47. The highest BCUT2D eigenvalue weighted by atomic mass is 19.4. The summed E-state index contributed by atoms with van der Waals surface area (Å²) in [5, 5.41) is 3.13. The molecular formula is C19H20BF6NO. The van der Waals surface area contributed by atoms with Crippen molar-refractivity contribution in [3.05, 3.63) is 59.7 Å². The van der Waals surface area contributed by atoms with Gasteiger partial charge in [-0.15, -0.1) is 0 Å². The van der Waals surface area contributed by atoms with Crippen molar-refractivity contribution in [1.29, 1.82) is 0 Å². The molecule has 0 amide bonds. The van der Waals surface area contributed by atoms with Gasteiger partial charge in [-0.25, -0.2) is 0 Å². The Morgan fingerprint density at radius 1 is 0.750 bits per heavy atom. The molecule has 0 spiro atoms. The van der Waals surface area contributed by atoms with E-state index in [2.05, 4.69) is 5.32 Å². The predicted molar refractivity (Wildman–Crippen MR) is 97.0 cm³/mol. The lowest BCUT2D eigenvalue weighted by molar-refractivity contribution is -0.138. The summed E-state index contributed by atoms with van der Waals surface area (Å²) in [5.41, 5.74) is -0.731. The summed E-state index contributed by atoms with van der Waals surface area (Å²) in [7, 11) is 0. The standard InChI is InChI=1S/C19H20BF6NO/c1-2-11-27-12-13-28-20(16-7-3-14(4-8-16)18(21,22)23)17-9-5-15(6-10-17)19(24,25)26/h3-10,27H,2,11-13H2,1H3. The van der Waals surface area contributed by atoms with E-state index in [1.165, 1.54) is 24.3 Å². The van der Waals surface area contributed by atoms with Crippen molar-refractivity contribution < 1.29 is 31.0 Å². The Morgan fingerprint density at radius 2 is 1.18 bits per heavy atom. The third-order valence-corrected chi connectivity index (χ3v) is 4.07. The Hall–Kier alpha value is -2.00. The molecule has 0 saturated carbocycles. The van der Waals surface area contributed by atoms with Crippen LogP contribution in [0.25, 0.3) is 0 Å². The van der Waals surface area contributed by atoms with E-state index in [4.69, 9.17) is 4.65 Å². The molecule has 0 saturated heterocycles. The van der Waals surface area contributed by atoms with Crippen molar-refractivity contribution in [2.75, 3.05) is 19.7 Å². The molecule has 0 aliphatic rings. The molecule has 0 aromatic heterocycles. The van der Waals surface area contributed by atoms with E-state index >= 15 is 0 Å². The molecule has 28 heavy (non-hydrogen) atoms. The van der Waals surface area contributed by atoms with Crippen LogP contribution in [0.3, 0.4) is 0 Å². The quantitative estimate of drug-likeness (QED) is 0.411. The first kappa shape index (κ1) is 22.3. The van der Waals surface area contributed by atoms with Crippen molar-refractivity contribution >= 4 is 17.8 Å². The van der Waals surface area contributed by atoms with Gasteiger partial charge in [0.25, 0.3) is 0 Å². The molecule has 0 bridgehead atoms. The van der Waals surface area contributed by atoms with Crippen LogP contribution in [-0.2, 0) is 17.0 Å². The Kier molecular flexibility index (Phi) is 7.54. The Balaban J connectivity index is 2.24. The van der Waals surface area contributed by atoms with Crippen LogP contribution >= 0.6 is 0 Å². The molecule has 1 N–H and O–H groups in total. The van der Waals surface area contributed by atoms with Crippen molar-refractivity contribution in [3.8, 4) is 0 Å². The molecule has 9 heteroatoms. The highest BCUT2D eigenvalue weighted by molar-refractivity contribution is 6.80. The van der Waals surface area contributed by atoms with Crippen LogP contribution < -0.4 is 16.2 Å². The van der Waals surface area contributed by atoms with Gasteiger partial charge < -0.3 is 9.97 Å². The topological polar surface area (TPSA) is 21.3 Å². The normalized spacial score (nSPS) is 12.2. The average molecular weight is 403 g/mol. The van der Waals surface area contributed by atoms with E-state index in [-0.39, 0.29) is 6.61 Å². The fraction of sp³-hybridized carbons (Fsp3) is 0.368. The van der Waals surface area contributed by atoms with Gasteiger partial charge >= 0.3 is 19.3 Å². The minimum Gasteiger partial charge on any atom is -0.426 e. The summed E-state index contributed by atoms with van der Waals surface area (Å²) < 4.78 is 82.4. The van der Waals surface area contributed by atoms with E-state index in [0.29, 0.717) is 17.5 Å². The maximum Gasteiger partial charge on any atom is 0.416 e. The van der Waals surface area contributed by atoms with Gasteiger partial charge in [-0.2, -0.15) is 26.3 Å². The molecule has 2 nitrogen and oxygen atoms in total. The summed E-state index contributed by atoms with van der Waals surface area (Å²) in [6, 6.07) is 8.87. The predicted octanol–water partition coefficient (Wildman–Crippen LogP) is 3.85. The van der Waals surface area contributed by atoms with Crippen LogP contribution in [-0.4, -0.2) is 26.6 Å². The van der Waals surface area contributed by atoms with Crippen LogP contribution in [0.1, 0.15) is 24.5 Å². The van der Waals surface area contributed by atoms with Gasteiger partial charge in [0.2, 0.25) is 0 Å². The number of halogens is 6. The van der Waals surface area contributed by atoms with Crippen LogP contribution in [0.2, 0.25) is 0 Å². The Morgan fingerprint density at radius 3 is 1.54 bits per heavy atom. The monoisotopic (exact) mass is 403 g/mol. The van der Waals surface area contributed by atoms with Crippen LogP contribution in [0.5, 0.6) is 0 Å². The molecule has 0 fully saturated rings. The highest BCUT2D eigenvalue weighted by Gasteiger charge is 2.32. The van der Waals surface area contributed by atoms with E-state index in [1.807, 2.05) is 6.92 Å². The summed E-state index contributed by atoms with van der Waals surface area (Å²) in [4.78, 5) is 0. The first-order valence-electron chi connectivity index (χ1n) is 8.79. The van der Waals surface area contributed by atoms with Gasteiger partial charge in [-0.05, 0) is 23.9 Å². The molecule has 0 aliphatic carbocycles. The maximum atomic E-state index is 12.8. The maximum absolute atomic E-state index is 12.8. The van der Waals surface area contributed by atoms with Gasteiger partial charge in [0, 0.05) is 13.2 Å². The molecule has 0 unspecified atom stereocenters. The van der Waals surface area contributed by atoms with E-state index < -0.39 is 30.4 Å². The van der Waals surface area contributed by atoms with Crippen LogP contribution in [0, 0.1) is 0 Å². The van der Waals surface area contributed by atoms with Crippen molar-refractivity contribution in [1.82, 2.24) is 5.32 Å². The lowest BCUT2D eigenvalue weighted by Gasteiger charge is -2.17.